The molecule has 0 atom stereocenters. The molecule has 0 spiro atoms. The molecule has 0 unspecified atom stereocenters. The predicted octanol–water partition coefficient (Wildman–Crippen LogP) is 3.42. The van der Waals surface area contributed by atoms with Crippen LogP contribution in [-0.2, 0) is 4.79 Å². The van der Waals surface area contributed by atoms with E-state index in [1.807, 2.05) is 20.8 Å². The Morgan fingerprint density at radius 3 is 1.94 bits per heavy atom. The molecular weight excluding hydrogens is 270 g/mol. The molecule has 0 N–H and O–H groups in total. The molecule has 0 bridgehead atoms. The molecule has 0 amide bonds. The third-order valence-corrected chi connectivity index (χ3v) is 2.61. The van der Waals surface area contributed by atoms with Gasteiger partial charge in [0.1, 0.15) is 5.71 Å². The molecule has 0 aromatic heterocycles. The number of halogens is 3. The summed E-state index contributed by atoms with van der Waals surface area (Å²) in [5, 5.41) is 5.86. The zero-order chi connectivity index (χ0) is 13.1. The number of hydrogen-bond acceptors (Lipinski definition) is 3. The summed E-state index contributed by atoms with van der Waals surface area (Å²) < 4.78 is -1.94. The maximum absolute atomic E-state index is 11.7. The highest BCUT2D eigenvalue weighted by molar-refractivity contribution is 6.82. The van der Waals surface area contributed by atoms with Crippen LogP contribution < -0.4 is 0 Å². The highest BCUT2D eigenvalue weighted by Gasteiger charge is 2.34. The van der Waals surface area contributed by atoms with E-state index in [1.54, 1.807) is 19.0 Å². The van der Waals surface area contributed by atoms with E-state index in [4.69, 9.17) is 34.8 Å². The van der Waals surface area contributed by atoms with E-state index >= 15 is 0 Å². The summed E-state index contributed by atoms with van der Waals surface area (Å²) in [5.74, 6) is -0.573. The molecule has 0 aliphatic carbocycles. The molecule has 0 rings (SSSR count). The summed E-state index contributed by atoms with van der Waals surface area (Å²) in [6.45, 7) is 7.72. The van der Waals surface area contributed by atoms with Crippen LogP contribution in [0.4, 0.5) is 0 Å². The molecule has 0 aromatic carbocycles. The fourth-order valence-electron chi connectivity index (χ4n) is 0.771. The third-order valence-electron chi connectivity index (χ3n) is 2.10. The first kappa shape index (κ1) is 16.0. The van der Waals surface area contributed by atoms with Crippen LogP contribution in [0, 0.1) is 0 Å². The normalized spacial score (nSPS) is 13.9. The van der Waals surface area contributed by atoms with Gasteiger partial charge in [0, 0.05) is 12.6 Å². The van der Waals surface area contributed by atoms with E-state index in [0.717, 1.165) is 0 Å². The van der Waals surface area contributed by atoms with Crippen molar-refractivity contribution in [3.8, 4) is 0 Å². The zero-order valence-corrected chi connectivity index (χ0v) is 12.4. The van der Waals surface area contributed by atoms with E-state index in [2.05, 4.69) is 5.10 Å². The number of hydrazone groups is 1. The molecule has 0 saturated heterocycles. The van der Waals surface area contributed by atoms with Gasteiger partial charge < -0.3 is 0 Å². The van der Waals surface area contributed by atoms with Gasteiger partial charge in [-0.2, -0.15) is 5.10 Å². The van der Waals surface area contributed by atoms with Crippen molar-refractivity contribution >= 4 is 46.3 Å². The lowest BCUT2D eigenvalue weighted by Gasteiger charge is -2.30. The van der Waals surface area contributed by atoms with Gasteiger partial charge in [-0.05, 0) is 27.2 Å². The van der Waals surface area contributed by atoms with Crippen LogP contribution in [0.3, 0.4) is 0 Å². The number of alkyl halides is 3. The second-order valence-electron chi connectivity index (χ2n) is 4.42. The molecular formula is C10H17Cl3N2O. The summed E-state index contributed by atoms with van der Waals surface area (Å²) >= 11 is 16.6. The van der Waals surface area contributed by atoms with E-state index < -0.39 is 9.58 Å². The van der Waals surface area contributed by atoms with Gasteiger partial charge in [0.05, 0.1) is 0 Å². The summed E-state index contributed by atoms with van der Waals surface area (Å²) in [6.07, 6.45) is 0.424. The Hall–Kier alpha value is 0.01000. The first-order chi connectivity index (χ1) is 7.00. The molecule has 0 heterocycles. The second-order valence-corrected chi connectivity index (χ2v) is 6.70. The van der Waals surface area contributed by atoms with Crippen LogP contribution in [-0.4, -0.2) is 32.9 Å². The molecule has 0 radical (unpaired) electrons. The molecule has 94 valence electrons. The minimum Gasteiger partial charge on any atom is -0.294 e. The maximum atomic E-state index is 11.7. The highest BCUT2D eigenvalue weighted by atomic mass is 35.6. The van der Waals surface area contributed by atoms with Gasteiger partial charge in [-0.25, -0.2) is 0 Å². The fraction of sp³-hybridized carbons (Fsp3) is 0.800. The van der Waals surface area contributed by atoms with E-state index in [-0.39, 0.29) is 11.3 Å². The number of rotatable bonds is 3. The Morgan fingerprint density at radius 1 is 1.25 bits per heavy atom. The standard InChI is InChI=1S/C10H17Cl3N2O/c1-6-7(8(16)10(11,12)13)14-15(5)9(2,3)4/h6H2,1-5H3/b14-7+. The first-order valence-electron chi connectivity index (χ1n) is 4.93. The Morgan fingerprint density at radius 2 is 1.69 bits per heavy atom. The zero-order valence-electron chi connectivity index (χ0n) is 10.1. The van der Waals surface area contributed by atoms with Gasteiger partial charge in [0.2, 0.25) is 5.78 Å². The molecule has 0 saturated carbocycles. The Bertz CT molecular complexity index is 289. The maximum Gasteiger partial charge on any atom is 0.254 e. The van der Waals surface area contributed by atoms with Crippen LogP contribution in [0.5, 0.6) is 0 Å². The van der Waals surface area contributed by atoms with Gasteiger partial charge in [-0.15, -0.1) is 0 Å². The van der Waals surface area contributed by atoms with Crippen LogP contribution in [0.1, 0.15) is 34.1 Å². The summed E-state index contributed by atoms with van der Waals surface area (Å²) in [7, 11) is 1.78. The highest BCUT2D eigenvalue weighted by Crippen LogP contribution is 2.28. The summed E-state index contributed by atoms with van der Waals surface area (Å²) in [4.78, 5) is 11.7. The summed E-state index contributed by atoms with van der Waals surface area (Å²) in [6, 6.07) is 0. The molecule has 0 aliphatic heterocycles. The number of nitrogens with zero attached hydrogens (tertiary/aromatic N) is 2. The van der Waals surface area contributed by atoms with Crippen molar-refractivity contribution in [2.45, 2.75) is 43.4 Å². The average Bonchev–Trinajstić information content (AvgIpc) is 2.09. The number of hydrogen-bond donors (Lipinski definition) is 0. The minimum absolute atomic E-state index is 0.186. The van der Waals surface area contributed by atoms with Gasteiger partial charge in [0.15, 0.2) is 0 Å². The van der Waals surface area contributed by atoms with Gasteiger partial charge in [-0.3, -0.25) is 9.80 Å². The monoisotopic (exact) mass is 286 g/mol. The van der Waals surface area contributed by atoms with Crippen LogP contribution in [0.15, 0.2) is 5.10 Å². The Kier molecular flexibility index (Phi) is 5.57. The largest absolute Gasteiger partial charge is 0.294 e. The SMILES string of the molecule is CC/C(=N\N(C)C(C)(C)C)C(=O)C(Cl)(Cl)Cl. The molecule has 16 heavy (non-hydrogen) atoms. The second kappa shape index (κ2) is 5.56. The number of carbonyl (C=O) groups excluding carboxylic acids is 1. The average molecular weight is 288 g/mol. The lowest BCUT2D eigenvalue weighted by atomic mass is 10.1. The Labute approximate surface area is 112 Å². The number of Topliss-reactive ketones (excluding diaryl/α,β-unsaturated/α-hetero) is 1. The van der Waals surface area contributed by atoms with E-state index in [0.29, 0.717) is 6.42 Å². The molecule has 3 nitrogen and oxygen atoms in total. The molecule has 0 aromatic rings. The van der Waals surface area contributed by atoms with Crippen molar-refractivity contribution in [2.75, 3.05) is 7.05 Å². The number of carbonyl (C=O) groups is 1. The van der Waals surface area contributed by atoms with Crippen molar-refractivity contribution < 1.29 is 4.79 Å². The van der Waals surface area contributed by atoms with Gasteiger partial charge in [-0.1, -0.05) is 41.7 Å². The molecule has 0 aliphatic rings. The Balaban J connectivity index is 5.02. The topological polar surface area (TPSA) is 32.7 Å². The van der Waals surface area contributed by atoms with Crippen molar-refractivity contribution in [2.24, 2.45) is 5.10 Å². The molecule has 6 heteroatoms. The lowest BCUT2D eigenvalue weighted by molar-refractivity contribution is -0.112. The smallest absolute Gasteiger partial charge is 0.254 e. The van der Waals surface area contributed by atoms with Crippen LogP contribution in [0.25, 0.3) is 0 Å². The van der Waals surface area contributed by atoms with Crippen molar-refractivity contribution in [1.82, 2.24) is 5.01 Å². The summed E-state index contributed by atoms with van der Waals surface area (Å²) in [5.41, 5.74) is 0.0753. The van der Waals surface area contributed by atoms with Crippen molar-refractivity contribution in [3.05, 3.63) is 0 Å². The van der Waals surface area contributed by atoms with Gasteiger partial charge in [0.25, 0.3) is 3.79 Å². The predicted molar refractivity (Wildman–Crippen MR) is 70.5 cm³/mol. The van der Waals surface area contributed by atoms with Gasteiger partial charge >= 0.3 is 0 Å². The van der Waals surface area contributed by atoms with Crippen molar-refractivity contribution in [1.29, 1.82) is 0 Å². The first-order valence-corrected chi connectivity index (χ1v) is 6.06. The van der Waals surface area contributed by atoms with E-state index in [1.165, 1.54) is 0 Å². The minimum atomic E-state index is -1.94. The lowest BCUT2D eigenvalue weighted by Crippen LogP contribution is -2.37. The molecule has 0 fully saturated rings. The van der Waals surface area contributed by atoms with E-state index in [9.17, 15) is 4.79 Å². The van der Waals surface area contributed by atoms with Crippen LogP contribution >= 0.6 is 34.8 Å². The third kappa shape index (κ3) is 4.89. The van der Waals surface area contributed by atoms with Crippen molar-refractivity contribution in [3.63, 3.8) is 0 Å². The quantitative estimate of drug-likeness (QED) is 0.453. The van der Waals surface area contributed by atoms with Crippen LogP contribution in [0.2, 0.25) is 0 Å². The number of ketones is 1. The fourth-order valence-corrected chi connectivity index (χ4v) is 1.10.